The molecular formula is C13H19NO4. The molecule has 1 saturated carbocycles. The minimum atomic E-state index is -0.303. The van der Waals surface area contributed by atoms with Crippen molar-refractivity contribution in [2.45, 2.75) is 32.6 Å². The summed E-state index contributed by atoms with van der Waals surface area (Å²) in [5.41, 5.74) is 0. The van der Waals surface area contributed by atoms with Crippen molar-refractivity contribution in [1.82, 2.24) is 4.90 Å². The summed E-state index contributed by atoms with van der Waals surface area (Å²) in [5.74, 6) is -0.136. The molecule has 5 heteroatoms. The van der Waals surface area contributed by atoms with Gasteiger partial charge in [-0.25, -0.2) is 0 Å². The van der Waals surface area contributed by atoms with Crippen LogP contribution in [0.25, 0.3) is 0 Å². The van der Waals surface area contributed by atoms with E-state index in [-0.39, 0.29) is 36.0 Å². The number of carbonyl (C=O) groups excluding carboxylic acids is 3. The molecule has 18 heavy (non-hydrogen) atoms. The lowest BCUT2D eigenvalue weighted by Crippen LogP contribution is -2.33. The van der Waals surface area contributed by atoms with Crippen LogP contribution in [0.3, 0.4) is 0 Å². The first kappa shape index (κ1) is 13.1. The molecule has 2 rings (SSSR count). The average Bonchev–Trinajstić information content (AvgIpc) is 2.82. The number of methoxy groups -OCH3 is 1. The molecular weight excluding hydrogens is 234 g/mol. The van der Waals surface area contributed by atoms with Crippen LogP contribution < -0.4 is 0 Å². The zero-order chi connectivity index (χ0) is 13.3. The molecule has 1 aliphatic carbocycles. The van der Waals surface area contributed by atoms with Gasteiger partial charge in [0.1, 0.15) is 0 Å². The highest BCUT2D eigenvalue weighted by Gasteiger charge is 2.51. The van der Waals surface area contributed by atoms with E-state index in [1.54, 1.807) is 0 Å². The Morgan fingerprint density at radius 1 is 1.28 bits per heavy atom. The molecule has 2 amide bonds. The molecule has 0 N–H and O–H groups in total. The second-order valence-electron chi connectivity index (χ2n) is 5.30. The fraction of sp³-hybridized carbons (Fsp3) is 0.769. The maximum absolute atomic E-state index is 12.1. The van der Waals surface area contributed by atoms with Gasteiger partial charge in [0.15, 0.2) is 0 Å². The Bertz CT molecular complexity index is 355. The molecule has 2 aliphatic rings. The van der Waals surface area contributed by atoms with Crippen LogP contribution in [0, 0.1) is 17.8 Å². The number of ether oxygens (including phenoxy) is 1. The zero-order valence-corrected chi connectivity index (χ0v) is 10.8. The van der Waals surface area contributed by atoms with Gasteiger partial charge in [-0.1, -0.05) is 6.92 Å². The Morgan fingerprint density at radius 3 is 2.33 bits per heavy atom. The topological polar surface area (TPSA) is 63.7 Å². The lowest BCUT2D eigenvalue weighted by Gasteiger charge is -2.16. The van der Waals surface area contributed by atoms with Gasteiger partial charge in [0.2, 0.25) is 11.8 Å². The Kier molecular flexibility index (Phi) is 3.68. The molecule has 1 heterocycles. The molecule has 0 aromatic carbocycles. The molecule has 0 radical (unpaired) electrons. The molecule has 100 valence electrons. The summed E-state index contributed by atoms with van der Waals surface area (Å²) in [5, 5.41) is 0. The number of imide groups is 1. The van der Waals surface area contributed by atoms with E-state index < -0.39 is 0 Å². The Morgan fingerprint density at radius 2 is 1.83 bits per heavy atom. The Labute approximate surface area is 106 Å². The van der Waals surface area contributed by atoms with Crippen LogP contribution in [0.5, 0.6) is 0 Å². The highest BCUT2D eigenvalue weighted by atomic mass is 16.5. The molecule has 1 aliphatic heterocycles. The molecule has 5 nitrogen and oxygen atoms in total. The standard InChI is InChI=1S/C13H19NO4/c1-8-6-9-10(7-8)13(17)14(12(9)16)5-3-4-11(15)18-2/h8-10H,3-7H2,1-2H3. The quantitative estimate of drug-likeness (QED) is 0.553. The average molecular weight is 253 g/mol. The van der Waals surface area contributed by atoms with Crippen molar-refractivity contribution >= 4 is 17.8 Å². The van der Waals surface area contributed by atoms with Crippen LogP contribution in [0.15, 0.2) is 0 Å². The third kappa shape index (κ3) is 2.26. The van der Waals surface area contributed by atoms with Crippen molar-refractivity contribution in [3.8, 4) is 0 Å². The number of esters is 1. The minimum Gasteiger partial charge on any atom is -0.469 e. The monoisotopic (exact) mass is 253 g/mol. The van der Waals surface area contributed by atoms with E-state index in [9.17, 15) is 14.4 Å². The molecule has 2 atom stereocenters. The number of fused-ring (bicyclic) bond motifs is 1. The SMILES string of the molecule is COC(=O)CCCN1C(=O)C2CC(C)CC2C1=O. The Hall–Kier alpha value is -1.39. The van der Waals surface area contributed by atoms with Gasteiger partial charge in [0.25, 0.3) is 0 Å². The first-order valence-electron chi connectivity index (χ1n) is 6.46. The number of rotatable bonds is 4. The number of hydrogen-bond donors (Lipinski definition) is 0. The van der Waals surface area contributed by atoms with Gasteiger partial charge in [-0.2, -0.15) is 0 Å². The maximum atomic E-state index is 12.1. The van der Waals surface area contributed by atoms with Gasteiger partial charge in [-0.15, -0.1) is 0 Å². The molecule has 0 aromatic heterocycles. The fourth-order valence-electron chi connectivity index (χ4n) is 3.05. The van der Waals surface area contributed by atoms with Crippen molar-refractivity contribution < 1.29 is 19.1 Å². The van der Waals surface area contributed by atoms with Gasteiger partial charge in [-0.3, -0.25) is 19.3 Å². The predicted octanol–water partition coefficient (Wildman–Crippen LogP) is 0.971. The molecule has 0 bridgehead atoms. The number of amides is 2. The third-order valence-electron chi connectivity index (χ3n) is 3.96. The number of carbonyl (C=O) groups is 3. The lowest BCUT2D eigenvalue weighted by molar-refractivity contribution is -0.144. The highest BCUT2D eigenvalue weighted by molar-refractivity contribution is 6.05. The van der Waals surface area contributed by atoms with Crippen molar-refractivity contribution in [2.75, 3.05) is 13.7 Å². The van der Waals surface area contributed by atoms with E-state index in [0.717, 1.165) is 12.8 Å². The van der Waals surface area contributed by atoms with Gasteiger partial charge >= 0.3 is 5.97 Å². The molecule has 2 fully saturated rings. The molecule has 1 saturated heterocycles. The van der Waals surface area contributed by atoms with Crippen LogP contribution in [0.4, 0.5) is 0 Å². The van der Waals surface area contributed by atoms with Crippen LogP contribution in [-0.2, 0) is 19.1 Å². The highest BCUT2D eigenvalue weighted by Crippen LogP contribution is 2.42. The normalized spacial score (nSPS) is 30.8. The van der Waals surface area contributed by atoms with E-state index in [1.807, 2.05) is 0 Å². The summed E-state index contributed by atoms with van der Waals surface area (Å²) in [6, 6.07) is 0. The van der Waals surface area contributed by atoms with E-state index in [4.69, 9.17) is 0 Å². The van der Waals surface area contributed by atoms with E-state index in [0.29, 0.717) is 18.9 Å². The van der Waals surface area contributed by atoms with Crippen molar-refractivity contribution in [3.63, 3.8) is 0 Å². The molecule has 2 unspecified atom stereocenters. The van der Waals surface area contributed by atoms with E-state index >= 15 is 0 Å². The lowest BCUT2D eigenvalue weighted by atomic mass is 10.00. The minimum absolute atomic E-state index is 0.0424. The summed E-state index contributed by atoms with van der Waals surface area (Å²) < 4.78 is 4.53. The summed E-state index contributed by atoms with van der Waals surface area (Å²) in [7, 11) is 1.33. The Balaban J connectivity index is 1.90. The second kappa shape index (κ2) is 5.08. The fourth-order valence-corrected chi connectivity index (χ4v) is 3.05. The maximum Gasteiger partial charge on any atom is 0.305 e. The van der Waals surface area contributed by atoms with Crippen LogP contribution in [-0.4, -0.2) is 36.3 Å². The largest absolute Gasteiger partial charge is 0.469 e. The third-order valence-corrected chi connectivity index (χ3v) is 3.96. The van der Waals surface area contributed by atoms with E-state index in [2.05, 4.69) is 11.7 Å². The van der Waals surface area contributed by atoms with Crippen molar-refractivity contribution in [2.24, 2.45) is 17.8 Å². The summed E-state index contributed by atoms with van der Waals surface area (Å²) in [6.07, 6.45) is 2.38. The second-order valence-corrected chi connectivity index (χ2v) is 5.30. The van der Waals surface area contributed by atoms with Crippen LogP contribution >= 0.6 is 0 Å². The molecule has 0 spiro atoms. The van der Waals surface area contributed by atoms with Crippen molar-refractivity contribution in [3.05, 3.63) is 0 Å². The van der Waals surface area contributed by atoms with Crippen molar-refractivity contribution in [1.29, 1.82) is 0 Å². The summed E-state index contributed by atoms with van der Waals surface area (Å²) in [6.45, 7) is 2.43. The first-order valence-corrected chi connectivity index (χ1v) is 6.46. The first-order chi connectivity index (χ1) is 8.54. The van der Waals surface area contributed by atoms with Crippen LogP contribution in [0.2, 0.25) is 0 Å². The van der Waals surface area contributed by atoms with Gasteiger partial charge in [-0.05, 0) is 25.2 Å². The zero-order valence-electron chi connectivity index (χ0n) is 10.8. The number of nitrogens with zero attached hydrogens (tertiary/aromatic N) is 1. The molecule has 0 aromatic rings. The van der Waals surface area contributed by atoms with Gasteiger partial charge < -0.3 is 4.74 Å². The number of likely N-dealkylation sites (tertiary alicyclic amines) is 1. The van der Waals surface area contributed by atoms with Crippen LogP contribution in [0.1, 0.15) is 32.6 Å². The van der Waals surface area contributed by atoms with Gasteiger partial charge in [0.05, 0.1) is 18.9 Å². The predicted molar refractivity (Wildman–Crippen MR) is 63.3 cm³/mol. The number of hydrogen-bond acceptors (Lipinski definition) is 4. The van der Waals surface area contributed by atoms with E-state index in [1.165, 1.54) is 12.0 Å². The summed E-state index contributed by atoms with van der Waals surface area (Å²) in [4.78, 5) is 36.5. The smallest absolute Gasteiger partial charge is 0.305 e. The van der Waals surface area contributed by atoms with Gasteiger partial charge in [0, 0.05) is 13.0 Å². The summed E-state index contributed by atoms with van der Waals surface area (Å²) >= 11 is 0.